The molecule has 17 nitrogen and oxygen atoms in total. The molecule has 89 heavy (non-hydrogen) atoms. The summed E-state index contributed by atoms with van der Waals surface area (Å²) in [6.45, 7) is 9.50. The maximum Gasteiger partial charge on any atom is 0.472 e. The van der Waals surface area contributed by atoms with E-state index >= 15 is 0 Å². The Bertz CT molecular complexity index is 1730. The van der Waals surface area contributed by atoms with Gasteiger partial charge in [-0.05, 0) is 37.5 Å². The van der Waals surface area contributed by atoms with Crippen molar-refractivity contribution in [3.63, 3.8) is 0 Å². The molecule has 0 aliphatic rings. The summed E-state index contributed by atoms with van der Waals surface area (Å²) in [5, 5.41) is 10.6. The van der Waals surface area contributed by atoms with Crippen LogP contribution in [0.3, 0.4) is 0 Å². The molecule has 2 unspecified atom stereocenters. The Kier molecular flexibility index (Phi) is 60.8. The van der Waals surface area contributed by atoms with Crippen LogP contribution in [0.25, 0.3) is 0 Å². The van der Waals surface area contributed by atoms with E-state index in [2.05, 4.69) is 41.5 Å². The Labute approximate surface area is 543 Å². The lowest BCUT2D eigenvalue weighted by Gasteiger charge is -2.21. The number of hydrogen-bond donors (Lipinski definition) is 3. The molecule has 19 heteroatoms. The summed E-state index contributed by atoms with van der Waals surface area (Å²) >= 11 is 0. The van der Waals surface area contributed by atoms with Crippen LogP contribution >= 0.6 is 15.6 Å². The first-order chi connectivity index (χ1) is 42.9. The lowest BCUT2D eigenvalue weighted by Crippen LogP contribution is -2.30. The Morgan fingerprint density at radius 1 is 0.303 bits per heavy atom. The van der Waals surface area contributed by atoms with Crippen LogP contribution < -0.4 is 0 Å². The van der Waals surface area contributed by atoms with Crippen molar-refractivity contribution in [1.29, 1.82) is 0 Å². The molecular formula is C70H136O17P2. The average molecular weight is 1310 g/mol. The maximum absolute atomic E-state index is 13.0. The highest BCUT2D eigenvalue weighted by molar-refractivity contribution is 7.47. The largest absolute Gasteiger partial charge is 0.472 e. The van der Waals surface area contributed by atoms with E-state index < -0.39 is 97.5 Å². The van der Waals surface area contributed by atoms with Gasteiger partial charge in [0.2, 0.25) is 0 Å². The third-order valence-corrected chi connectivity index (χ3v) is 18.1. The molecule has 0 aliphatic carbocycles. The van der Waals surface area contributed by atoms with Crippen LogP contribution in [0, 0.1) is 11.8 Å². The van der Waals surface area contributed by atoms with Crippen LogP contribution in [-0.4, -0.2) is 96.7 Å². The van der Waals surface area contributed by atoms with Crippen LogP contribution in [0.4, 0.5) is 0 Å². The number of phosphoric ester groups is 2. The van der Waals surface area contributed by atoms with E-state index in [9.17, 15) is 43.2 Å². The predicted octanol–water partition coefficient (Wildman–Crippen LogP) is 20.0. The first kappa shape index (κ1) is 87.1. The van der Waals surface area contributed by atoms with E-state index in [1.165, 1.54) is 167 Å². The Balaban J connectivity index is 5.25. The Hall–Kier alpha value is -1.94. The van der Waals surface area contributed by atoms with Crippen molar-refractivity contribution in [2.45, 2.75) is 374 Å². The van der Waals surface area contributed by atoms with Crippen molar-refractivity contribution in [2.75, 3.05) is 39.6 Å². The highest BCUT2D eigenvalue weighted by atomic mass is 31.2. The highest BCUT2D eigenvalue weighted by Gasteiger charge is 2.30. The second kappa shape index (κ2) is 62.2. The van der Waals surface area contributed by atoms with Gasteiger partial charge < -0.3 is 33.8 Å². The third-order valence-electron chi connectivity index (χ3n) is 16.2. The number of aliphatic hydroxyl groups is 1. The lowest BCUT2D eigenvalue weighted by atomic mass is 10.0. The normalized spacial score (nSPS) is 14.1. The van der Waals surface area contributed by atoms with Gasteiger partial charge in [-0.1, -0.05) is 305 Å². The standard InChI is InChI=1S/C70H136O17P2/c1-7-9-11-13-15-17-19-20-25-28-34-40-46-52-67(72)80-58-65(86-70(75)55-49-43-36-30-26-22-21-24-27-32-38-44-50-62(3)4)60-84-88(76,77)82-56-64(71)57-83-89(78,79)85-61-66(59-81-68(73)53-47-41-37-31-33-39-45-51-63(5)6)87-69(74)54-48-42-35-29-23-18-16-14-12-10-8-2/h62-66,71H,7-61H2,1-6H3,(H,76,77)(H,78,79)/t64-,65-,66-/m1/s1. The predicted molar refractivity (Wildman–Crippen MR) is 358 cm³/mol. The SMILES string of the molecule is CCCCCCCCCCCCCCCC(=O)OC[C@H](COP(=O)(O)OC[C@@H](O)COP(=O)(O)OC[C@@H](COC(=O)CCCCCCCCCC(C)C)OC(=O)CCCCCCCCCCCCC)OC(=O)CCCCCCCCCCCCCCC(C)C. The zero-order chi connectivity index (χ0) is 65.7. The number of esters is 4. The molecule has 0 saturated carbocycles. The van der Waals surface area contributed by atoms with Crippen molar-refractivity contribution in [3.8, 4) is 0 Å². The summed E-state index contributed by atoms with van der Waals surface area (Å²) in [5.41, 5.74) is 0. The van der Waals surface area contributed by atoms with E-state index in [4.69, 9.17) is 37.0 Å². The van der Waals surface area contributed by atoms with Gasteiger partial charge in [0.05, 0.1) is 26.4 Å². The summed E-state index contributed by atoms with van der Waals surface area (Å²) in [4.78, 5) is 72.5. The molecule has 0 amide bonds. The monoisotopic (exact) mass is 1310 g/mol. The van der Waals surface area contributed by atoms with Gasteiger partial charge in [-0.15, -0.1) is 0 Å². The van der Waals surface area contributed by atoms with Crippen LogP contribution in [0.1, 0.15) is 356 Å². The molecule has 0 bridgehead atoms. The fourth-order valence-corrected chi connectivity index (χ4v) is 12.2. The first-order valence-electron chi connectivity index (χ1n) is 36.5. The van der Waals surface area contributed by atoms with Gasteiger partial charge >= 0.3 is 39.5 Å². The number of ether oxygens (including phenoxy) is 4. The molecule has 3 N–H and O–H groups in total. The molecule has 0 aromatic heterocycles. The summed E-state index contributed by atoms with van der Waals surface area (Å²) in [6.07, 6.45) is 47.1. The summed E-state index contributed by atoms with van der Waals surface area (Å²) in [7, 11) is -9.90. The number of carbonyl (C=O) groups is 4. The number of carbonyl (C=O) groups excluding carboxylic acids is 4. The van der Waals surface area contributed by atoms with Crippen LogP contribution in [-0.2, 0) is 65.4 Å². The van der Waals surface area contributed by atoms with Crippen molar-refractivity contribution >= 4 is 39.5 Å². The van der Waals surface area contributed by atoms with Crippen molar-refractivity contribution in [3.05, 3.63) is 0 Å². The number of phosphoric acid groups is 2. The number of rotatable bonds is 69. The van der Waals surface area contributed by atoms with Gasteiger partial charge in [0.15, 0.2) is 12.2 Å². The fourth-order valence-electron chi connectivity index (χ4n) is 10.6. The Morgan fingerprint density at radius 2 is 0.517 bits per heavy atom. The van der Waals surface area contributed by atoms with Crippen molar-refractivity contribution in [2.24, 2.45) is 11.8 Å². The van der Waals surface area contributed by atoms with E-state index in [1.807, 2.05) is 0 Å². The fraction of sp³-hybridized carbons (Fsp3) is 0.943. The van der Waals surface area contributed by atoms with Gasteiger partial charge in [0.1, 0.15) is 19.3 Å². The smallest absolute Gasteiger partial charge is 0.462 e. The summed E-state index contributed by atoms with van der Waals surface area (Å²) < 4.78 is 68.3. The minimum absolute atomic E-state index is 0.106. The highest BCUT2D eigenvalue weighted by Crippen LogP contribution is 2.45. The molecular weight excluding hydrogens is 1170 g/mol. The Morgan fingerprint density at radius 3 is 0.764 bits per heavy atom. The van der Waals surface area contributed by atoms with Crippen LogP contribution in [0.15, 0.2) is 0 Å². The minimum Gasteiger partial charge on any atom is -0.462 e. The quantitative estimate of drug-likeness (QED) is 0.0222. The van der Waals surface area contributed by atoms with Crippen LogP contribution in [0.5, 0.6) is 0 Å². The third kappa shape index (κ3) is 64.6. The van der Waals surface area contributed by atoms with E-state index in [-0.39, 0.29) is 25.7 Å². The average Bonchev–Trinajstić information content (AvgIpc) is 3.71. The summed E-state index contributed by atoms with van der Waals surface area (Å²) in [5.74, 6) is -0.641. The van der Waals surface area contributed by atoms with Crippen LogP contribution in [0.2, 0.25) is 0 Å². The molecule has 0 aromatic carbocycles. The lowest BCUT2D eigenvalue weighted by molar-refractivity contribution is -0.161. The zero-order valence-corrected chi connectivity index (χ0v) is 59.5. The molecule has 0 spiro atoms. The maximum atomic E-state index is 13.0. The van der Waals surface area contributed by atoms with E-state index in [0.717, 1.165) is 102 Å². The minimum atomic E-state index is -4.95. The molecule has 0 radical (unpaired) electrons. The van der Waals surface area contributed by atoms with Gasteiger partial charge in [0.25, 0.3) is 0 Å². The second-order valence-electron chi connectivity index (χ2n) is 26.2. The number of aliphatic hydroxyl groups excluding tert-OH is 1. The molecule has 5 atom stereocenters. The molecule has 0 heterocycles. The van der Waals surface area contributed by atoms with Crippen molar-refractivity contribution in [1.82, 2.24) is 0 Å². The first-order valence-corrected chi connectivity index (χ1v) is 39.5. The van der Waals surface area contributed by atoms with Gasteiger partial charge in [0, 0.05) is 25.7 Å². The van der Waals surface area contributed by atoms with Gasteiger partial charge in [-0.3, -0.25) is 37.3 Å². The zero-order valence-electron chi connectivity index (χ0n) is 57.7. The number of hydrogen-bond acceptors (Lipinski definition) is 15. The van der Waals surface area contributed by atoms with Gasteiger partial charge in [-0.2, -0.15) is 0 Å². The number of unbranched alkanes of at least 4 members (excludes halogenated alkanes) is 39. The van der Waals surface area contributed by atoms with Gasteiger partial charge in [-0.25, -0.2) is 9.13 Å². The molecule has 0 rings (SSSR count). The molecule has 528 valence electrons. The molecule has 0 aromatic rings. The summed E-state index contributed by atoms with van der Waals surface area (Å²) in [6, 6.07) is 0. The van der Waals surface area contributed by atoms with E-state index in [0.29, 0.717) is 31.6 Å². The molecule has 0 saturated heterocycles. The second-order valence-corrected chi connectivity index (χ2v) is 29.1. The van der Waals surface area contributed by atoms with Crippen molar-refractivity contribution < 1.29 is 80.2 Å². The molecule has 0 aliphatic heterocycles. The van der Waals surface area contributed by atoms with E-state index in [1.54, 1.807) is 0 Å². The molecule has 0 fully saturated rings. The topological polar surface area (TPSA) is 237 Å².